The van der Waals surface area contributed by atoms with Crippen molar-refractivity contribution in [3.05, 3.63) is 34.3 Å². The summed E-state index contributed by atoms with van der Waals surface area (Å²) >= 11 is 3.42. The SMILES string of the molecule is CC(NC(=O)C1CC2CCCC(C1)C2=O)c1ccc(Br)cc1. The molecular weight excluding hydrogens is 342 g/mol. The summed E-state index contributed by atoms with van der Waals surface area (Å²) in [4.78, 5) is 24.7. The number of halogens is 1. The van der Waals surface area contributed by atoms with E-state index in [1.807, 2.05) is 31.2 Å². The monoisotopic (exact) mass is 363 g/mol. The van der Waals surface area contributed by atoms with Crippen molar-refractivity contribution in [2.45, 2.75) is 45.1 Å². The molecule has 2 bridgehead atoms. The van der Waals surface area contributed by atoms with Crippen LogP contribution in [-0.4, -0.2) is 11.7 Å². The Hall–Kier alpha value is -1.16. The molecule has 0 aromatic heterocycles. The number of carbonyl (C=O) groups is 2. The number of carbonyl (C=O) groups excluding carboxylic acids is 2. The van der Waals surface area contributed by atoms with Crippen LogP contribution in [0.1, 0.15) is 50.6 Å². The fourth-order valence-corrected chi connectivity index (χ4v) is 4.12. The minimum atomic E-state index is -0.00179. The molecule has 2 fully saturated rings. The van der Waals surface area contributed by atoms with Gasteiger partial charge >= 0.3 is 0 Å². The van der Waals surface area contributed by atoms with Gasteiger partial charge < -0.3 is 5.32 Å². The van der Waals surface area contributed by atoms with Crippen LogP contribution in [0.15, 0.2) is 28.7 Å². The van der Waals surface area contributed by atoms with Gasteiger partial charge in [0.2, 0.25) is 5.91 Å². The topological polar surface area (TPSA) is 46.2 Å². The quantitative estimate of drug-likeness (QED) is 0.881. The van der Waals surface area contributed by atoms with E-state index in [1.54, 1.807) is 0 Å². The number of amides is 1. The van der Waals surface area contributed by atoms with E-state index in [-0.39, 0.29) is 29.7 Å². The molecule has 1 amide bonds. The molecule has 0 saturated heterocycles. The van der Waals surface area contributed by atoms with Crippen LogP contribution in [0.25, 0.3) is 0 Å². The summed E-state index contributed by atoms with van der Waals surface area (Å²) < 4.78 is 1.04. The van der Waals surface area contributed by atoms with Gasteiger partial charge in [0.25, 0.3) is 0 Å². The number of hydrogen-bond donors (Lipinski definition) is 1. The second-order valence-corrected chi connectivity index (χ2v) is 7.59. The normalized spacial score (nSPS) is 29.0. The Balaban J connectivity index is 1.62. The molecule has 118 valence electrons. The molecule has 2 saturated carbocycles. The van der Waals surface area contributed by atoms with Crippen LogP contribution >= 0.6 is 15.9 Å². The average molecular weight is 364 g/mol. The first-order chi connectivity index (χ1) is 10.5. The summed E-state index contributed by atoms with van der Waals surface area (Å²) in [7, 11) is 0. The number of nitrogens with one attached hydrogen (secondary N) is 1. The summed E-state index contributed by atoms with van der Waals surface area (Å²) in [5.41, 5.74) is 1.10. The predicted octanol–water partition coefficient (Wildman–Crippen LogP) is 4.02. The van der Waals surface area contributed by atoms with Gasteiger partial charge in [-0.25, -0.2) is 0 Å². The molecule has 22 heavy (non-hydrogen) atoms. The zero-order chi connectivity index (χ0) is 15.7. The molecule has 2 aliphatic rings. The number of ketones is 1. The van der Waals surface area contributed by atoms with Gasteiger partial charge in [0.15, 0.2) is 0 Å². The summed E-state index contributed by atoms with van der Waals surface area (Å²) in [6.45, 7) is 2.01. The van der Waals surface area contributed by atoms with Crippen LogP contribution in [0.3, 0.4) is 0 Å². The van der Waals surface area contributed by atoms with Gasteiger partial charge in [-0.2, -0.15) is 0 Å². The van der Waals surface area contributed by atoms with Gasteiger partial charge in [-0.15, -0.1) is 0 Å². The Morgan fingerprint density at radius 2 is 1.77 bits per heavy atom. The fraction of sp³-hybridized carbons (Fsp3) is 0.556. The fourth-order valence-electron chi connectivity index (χ4n) is 3.86. The molecular formula is C18H22BrNO2. The van der Waals surface area contributed by atoms with Crippen molar-refractivity contribution >= 4 is 27.6 Å². The Morgan fingerprint density at radius 1 is 1.18 bits per heavy atom. The Bertz CT molecular complexity index is 553. The van der Waals surface area contributed by atoms with Gasteiger partial charge in [-0.3, -0.25) is 9.59 Å². The van der Waals surface area contributed by atoms with Crippen LogP contribution in [0.2, 0.25) is 0 Å². The number of Topliss-reactive ketones (excluding diaryl/α,β-unsaturated/α-hetero) is 1. The van der Waals surface area contributed by atoms with Crippen molar-refractivity contribution in [3.8, 4) is 0 Å². The molecule has 0 radical (unpaired) electrons. The predicted molar refractivity (Wildman–Crippen MR) is 89.3 cm³/mol. The smallest absolute Gasteiger partial charge is 0.223 e. The van der Waals surface area contributed by atoms with Gasteiger partial charge in [-0.05, 0) is 50.3 Å². The highest BCUT2D eigenvalue weighted by Gasteiger charge is 2.41. The van der Waals surface area contributed by atoms with Crippen LogP contribution in [-0.2, 0) is 9.59 Å². The number of rotatable bonds is 3. The zero-order valence-corrected chi connectivity index (χ0v) is 14.4. The summed E-state index contributed by atoms with van der Waals surface area (Å²) in [6, 6.07) is 8.02. The second kappa shape index (κ2) is 6.53. The van der Waals surface area contributed by atoms with E-state index < -0.39 is 0 Å². The van der Waals surface area contributed by atoms with Gasteiger partial charge in [0.1, 0.15) is 5.78 Å². The lowest BCUT2D eigenvalue weighted by Crippen LogP contribution is -2.43. The number of hydrogen-bond acceptors (Lipinski definition) is 2. The molecule has 3 unspecified atom stereocenters. The van der Waals surface area contributed by atoms with E-state index in [2.05, 4.69) is 21.2 Å². The largest absolute Gasteiger partial charge is 0.349 e. The third-order valence-corrected chi connectivity index (χ3v) is 5.68. The minimum Gasteiger partial charge on any atom is -0.349 e. The second-order valence-electron chi connectivity index (χ2n) is 6.68. The van der Waals surface area contributed by atoms with E-state index in [4.69, 9.17) is 0 Å². The molecule has 0 heterocycles. The lowest BCUT2D eigenvalue weighted by atomic mass is 9.67. The van der Waals surface area contributed by atoms with E-state index in [0.29, 0.717) is 5.78 Å². The molecule has 4 heteroatoms. The highest BCUT2D eigenvalue weighted by molar-refractivity contribution is 9.10. The van der Waals surface area contributed by atoms with Crippen LogP contribution in [0.5, 0.6) is 0 Å². The lowest BCUT2D eigenvalue weighted by Gasteiger charge is -2.37. The Kier molecular flexibility index (Phi) is 4.67. The van der Waals surface area contributed by atoms with Crippen LogP contribution in [0.4, 0.5) is 0 Å². The molecule has 0 spiro atoms. The zero-order valence-electron chi connectivity index (χ0n) is 12.8. The molecule has 3 nitrogen and oxygen atoms in total. The van der Waals surface area contributed by atoms with E-state index in [1.165, 1.54) is 0 Å². The highest BCUT2D eigenvalue weighted by atomic mass is 79.9. The van der Waals surface area contributed by atoms with Gasteiger partial charge in [-0.1, -0.05) is 34.5 Å². The van der Waals surface area contributed by atoms with E-state index in [9.17, 15) is 9.59 Å². The molecule has 2 aliphatic carbocycles. The summed E-state index contributed by atoms with van der Waals surface area (Å²) in [5.74, 6) is 0.791. The van der Waals surface area contributed by atoms with Crippen molar-refractivity contribution in [1.82, 2.24) is 5.32 Å². The average Bonchev–Trinajstić information content (AvgIpc) is 2.47. The van der Waals surface area contributed by atoms with Gasteiger partial charge in [0.05, 0.1) is 6.04 Å². The summed E-state index contributed by atoms with van der Waals surface area (Å²) in [6.07, 6.45) is 4.58. The van der Waals surface area contributed by atoms with E-state index in [0.717, 1.165) is 42.1 Å². The molecule has 0 aliphatic heterocycles. The van der Waals surface area contributed by atoms with E-state index >= 15 is 0 Å². The summed E-state index contributed by atoms with van der Waals surface area (Å²) in [5, 5.41) is 3.12. The van der Waals surface area contributed by atoms with Crippen LogP contribution < -0.4 is 5.32 Å². The maximum absolute atomic E-state index is 12.6. The Morgan fingerprint density at radius 3 is 2.36 bits per heavy atom. The van der Waals surface area contributed by atoms with Crippen molar-refractivity contribution in [3.63, 3.8) is 0 Å². The van der Waals surface area contributed by atoms with Crippen molar-refractivity contribution in [2.24, 2.45) is 17.8 Å². The number of benzene rings is 1. The maximum Gasteiger partial charge on any atom is 0.223 e. The standard InChI is InChI=1S/C18H22BrNO2/c1-11(12-5-7-16(19)8-6-12)20-18(22)15-9-13-3-2-4-14(10-15)17(13)21/h5-8,11,13-15H,2-4,9-10H2,1H3,(H,20,22). The third-order valence-electron chi connectivity index (χ3n) is 5.15. The Labute approximate surface area is 140 Å². The van der Waals surface area contributed by atoms with Crippen molar-refractivity contribution in [2.75, 3.05) is 0 Å². The third kappa shape index (κ3) is 3.27. The first-order valence-corrected chi connectivity index (χ1v) is 8.93. The first-order valence-electron chi connectivity index (χ1n) is 8.14. The lowest BCUT2D eigenvalue weighted by molar-refractivity contribution is -0.137. The maximum atomic E-state index is 12.6. The molecule has 1 aromatic carbocycles. The van der Waals surface area contributed by atoms with Crippen LogP contribution in [0, 0.1) is 17.8 Å². The number of fused-ring (bicyclic) bond motifs is 2. The first kappa shape index (κ1) is 15.7. The molecule has 3 atom stereocenters. The van der Waals surface area contributed by atoms with Crippen molar-refractivity contribution in [1.29, 1.82) is 0 Å². The van der Waals surface area contributed by atoms with Crippen molar-refractivity contribution < 1.29 is 9.59 Å². The van der Waals surface area contributed by atoms with Gasteiger partial charge in [0, 0.05) is 22.2 Å². The molecule has 3 rings (SSSR count). The molecule has 1 N–H and O–H groups in total. The highest BCUT2D eigenvalue weighted by Crippen LogP contribution is 2.40. The molecule has 1 aromatic rings. The minimum absolute atomic E-state index is 0.00179.